The Kier molecular flexibility index (Phi) is 5.68. The van der Waals surface area contributed by atoms with E-state index in [1.165, 1.54) is 6.33 Å². The summed E-state index contributed by atoms with van der Waals surface area (Å²) >= 11 is 0. The van der Waals surface area contributed by atoms with E-state index in [2.05, 4.69) is 25.9 Å². The molecule has 0 saturated heterocycles. The molecule has 2 aromatic heterocycles. The van der Waals surface area contributed by atoms with Gasteiger partial charge in [0.2, 0.25) is 0 Å². The second-order valence-electron chi connectivity index (χ2n) is 8.89. The lowest BCUT2D eigenvalue weighted by atomic mass is 10.1. The smallest absolute Gasteiger partial charge is 0.151 e. The van der Waals surface area contributed by atoms with Crippen LogP contribution in [-0.2, 0) is 17.9 Å². The number of rotatable bonds is 6. The Bertz CT molecular complexity index is 1650. The summed E-state index contributed by atoms with van der Waals surface area (Å²) in [6.07, 6.45) is 1.45. The van der Waals surface area contributed by atoms with Gasteiger partial charge in [0.05, 0.1) is 30.0 Å². The van der Waals surface area contributed by atoms with Crippen LogP contribution < -0.4 is 15.8 Å². The third-order valence-corrected chi connectivity index (χ3v) is 6.50. The number of nitrogens with zero attached hydrogens (tertiary/aromatic N) is 4. The molecule has 0 radical (unpaired) electrons. The third-order valence-electron chi connectivity index (χ3n) is 6.50. The summed E-state index contributed by atoms with van der Waals surface area (Å²) in [6, 6.07) is 25.4. The maximum absolute atomic E-state index is 9.10. The van der Waals surface area contributed by atoms with Crippen LogP contribution in [0.2, 0.25) is 0 Å². The van der Waals surface area contributed by atoms with Crippen molar-refractivity contribution in [2.45, 2.75) is 26.2 Å². The number of nitrogens with one attached hydrogen (secondary N) is 1. The van der Waals surface area contributed by atoms with E-state index in [0.717, 1.165) is 45.0 Å². The summed E-state index contributed by atoms with van der Waals surface area (Å²) in [6.45, 7) is 3.13. The fourth-order valence-electron chi connectivity index (χ4n) is 4.77. The number of nitriles is 1. The number of nitrogen functional groups attached to an aromatic ring is 1. The first-order valence-corrected chi connectivity index (χ1v) is 12.0. The number of aromatic nitrogens is 3. The van der Waals surface area contributed by atoms with E-state index in [4.69, 9.17) is 20.5 Å². The molecule has 37 heavy (non-hydrogen) atoms. The lowest BCUT2D eigenvalue weighted by Gasteiger charge is -2.12. The van der Waals surface area contributed by atoms with E-state index in [-0.39, 0.29) is 6.10 Å². The van der Waals surface area contributed by atoms with Gasteiger partial charge >= 0.3 is 0 Å². The molecule has 0 bridgehead atoms. The van der Waals surface area contributed by atoms with Crippen LogP contribution in [0, 0.1) is 11.3 Å². The molecule has 6 rings (SSSR count). The number of nitrogens with two attached hydrogens (primary N) is 1. The fourth-order valence-corrected chi connectivity index (χ4v) is 4.77. The average molecular weight is 489 g/mol. The highest BCUT2D eigenvalue weighted by Gasteiger charge is 2.30. The van der Waals surface area contributed by atoms with Gasteiger partial charge in [-0.2, -0.15) is 5.26 Å². The second-order valence-corrected chi connectivity index (χ2v) is 8.89. The van der Waals surface area contributed by atoms with Crippen molar-refractivity contribution in [3.8, 4) is 23.3 Å². The molecule has 0 aliphatic carbocycles. The molecular weight excluding hydrogens is 464 g/mol. The molecule has 3 heterocycles. The van der Waals surface area contributed by atoms with E-state index in [9.17, 15) is 0 Å². The van der Waals surface area contributed by atoms with E-state index < -0.39 is 0 Å². The quantitative estimate of drug-likeness (QED) is 0.307. The Morgan fingerprint density at radius 2 is 1.92 bits per heavy atom. The van der Waals surface area contributed by atoms with Gasteiger partial charge in [-0.25, -0.2) is 9.97 Å². The number of hydrogen-bond donors (Lipinski definition) is 2. The van der Waals surface area contributed by atoms with E-state index >= 15 is 0 Å². The maximum Gasteiger partial charge on any atom is 0.151 e. The molecular formula is C29H24N6O2. The topological polar surface area (TPSA) is 111 Å². The Hall–Kier alpha value is -4.87. The summed E-state index contributed by atoms with van der Waals surface area (Å²) in [7, 11) is 0. The Morgan fingerprint density at radius 3 is 2.76 bits per heavy atom. The standard InChI is InChI=1S/C29H24N6O2/c1-18-26-25(16-36-18)35(28-27(26)33-17-34-29(28)31)22-8-10-23(11-9-22)37-24-7-3-6-21(13-24)32-15-20-5-2-4-19(12-20)14-30/h2-13,17-18,32H,15-16H2,1H3,(H2,31,33,34). The molecule has 1 unspecified atom stereocenters. The van der Waals surface area contributed by atoms with Crippen molar-refractivity contribution >= 4 is 22.5 Å². The van der Waals surface area contributed by atoms with Gasteiger partial charge in [-0.1, -0.05) is 18.2 Å². The minimum absolute atomic E-state index is 0.0492. The summed E-state index contributed by atoms with van der Waals surface area (Å²) < 4.78 is 14.1. The summed E-state index contributed by atoms with van der Waals surface area (Å²) in [4.78, 5) is 8.71. The van der Waals surface area contributed by atoms with Crippen LogP contribution in [0.3, 0.4) is 0 Å². The van der Waals surface area contributed by atoms with Crippen LogP contribution >= 0.6 is 0 Å². The first-order chi connectivity index (χ1) is 18.1. The molecule has 3 aromatic carbocycles. The zero-order valence-corrected chi connectivity index (χ0v) is 20.2. The molecule has 5 aromatic rings. The molecule has 0 fully saturated rings. The summed E-state index contributed by atoms with van der Waals surface area (Å²) in [5.41, 5.74) is 13.6. The van der Waals surface area contributed by atoms with Crippen molar-refractivity contribution in [3.05, 3.63) is 102 Å². The molecule has 0 saturated carbocycles. The first-order valence-electron chi connectivity index (χ1n) is 12.0. The van der Waals surface area contributed by atoms with Gasteiger partial charge in [-0.15, -0.1) is 0 Å². The van der Waals surface area contributed by atoms with Crippen LogP contribution in [0.1, 0.15) is 35.4 Å². The molecule has 8 heteroatoms. The first kappa shape index (κ1) is 22.6. The van der Waals surface area contributed by atoms with E-state index in [1.54, 1.807) is 6.07 Å². The van der Waals surface area contributed by atoms with Crippen LogP contribution in [-0.4, -0.2) is 14.5 Å². The molecule has 1 aliphatic heterocycles. The van der Waals surface area contributed by atoms with Gasteiger partial charge in [-0.05, 0) is 61.0 Å². The SMILES string of the molecule is CC1OCc2c1c1ncnc(N)c1n2-c1ccc(Oc2cccc(NCc3cccc(C#N)c3)c2)cc1. The monoisotopic (exact) mass is 488 g/mol. The average Bonchev–Trinajstić information content (AvgIpc) is 3.47. The molecule has 3 N–H and O–H groups in total. The van der Waals surface area contributed by atoms with Gasteiger partial charge in [0.25, 0.3) is 0 Å². The predicted octanol–water partition coefficient (Wildman–Crippen LogP) is 5.87. The Balaban J connectivity index is 1.22. The minimum atomic E-state index is -0.0492. The highest BCUT2D eigenvalue weighted by atomic mass is 16.5. The van der Waals surface area contributed by atoms with Crippen molar-refractivity contribution in [1.29, 1.82) is 5.26 Å². The minimum Gasteiger partial charge on any atom is -0.457 e. The predicted molar refractivity (Wildman–Crippen MR) is 141 cm³/mol. The van der Waals surface area contributed by atoms with Crippen molar-refractivity contribution < 1.29 is 9.47 Å². The van der Waals surface area contributed by atoms with Gasteiger partial charge in [0, 0.05) is 29.5 Å². The van der Waals surface area contributed by atoms with Gasteiger partial charge in [0.15, 0.2) is 5.82 Å². The van der Waals surface area contributed by atoms with E-state index in [1.807, 2.05) is 73.7 Å². The zero-order valence-electron chi connectivity index (χ0n) is 20.2. The third kappa shape index (κ3) is 4.22. The lowest BCUT2D eigenvalue weighted by molar-refractivity contribution is 0.0783. The van der Waals surface area contributed by atoms with Gasteiger partial charge in [0.1, 0.15) is 28.9 Å². The number of fused-ring (bicyclic) bond motifs is 3. The van der Waals surface area contributed by atoms with Gasteiger partial charge in [-0.3, -0.25) is 0 Å². The zero-order chi connectivity index (χ0) is 25.4. The summed E-state index contributed by atoms with van der Waals surface area (Å²) in [5.74, 6) is 1.87. The van der Waals surface area contributed by atoms with E-state index in [0.29, 0.717) is 30.3 Å². The normalized spacial score (nSPS) is 14.3. The van der Waals surface area contributed by atoms with Crippen molar-refractivity contribution in [1.82, 2.24) is 14.5 Å². The molecule has 1 atom stereocenters. The molecule has 182 valence electrons. The maximum atomic E-state index is 9.10. The molecule has 0 amide bonds. The largest absolute Gasteiger partial charge is 0.457 e. The van der Waals surface area contributed by atoms with Crippen molar-refractivity contribution in [2.24, 2.45) is 0 Å². The highest BCUT2D eigenvalue weighted by Crippen LogP contribution is 2.41. The van der Waals surface area contributed by atoms with Crippen LogP contribution in [0.25, 0.3) is 16.7 Å². The number of benzene rings is 3. The van der Waals surface area contributed by atoms with Gasteiger partial charge < -0.3 is 25.1 Å². The highest BCUT2D eigenvalue weighted by molar-refractivity contribution is 5.91. The van der Waals surface area contributed by atoms with Crippen LogP contribution in [0.4, 0.5) is 11.5 Å². The van der Waals surface area contributed by atoms with Crippen LogP contribution in [0.5, 0.6) is 11.5 Å². The molecule has 0 spiro atoms. The second kappa shape index (κ2) is 9.30. The number of hydrogen-bond acceptors (Lipinski definition) is 7. The van der Waals surface area contributed by atoms with Crippen molar-refractivity contribution in [3.63, 3.8) is 0 Å². The summed E-state index contributed by atoms with van der Waals surface area (Å²) in [5, 5.41) is 12.5. The Labute approximate surface area is 213 Å². The number of anilines is 2. The van der Waals surface area contributed by atoms with Crippen molar-refractivity contribution in [2.75, 3.05) is 11.1 Å². The van der Waals surface area contributed by atoms with Crippen LogP contribution in [0.15, 0.2) is 79.1 Å². The lowest BCUT2D eigenvalue weighted by Crippen LogP contribution is -2.03. The number of ether oxygens (including phenoxy) is 2. The fraction of sp³-hybridized carbons (Fsp3) is 0.138. The molecule has 1 aliphatic rings. The molecule has 8 nitrogen and oxygen atoms in total. The Morgan fingerprint density at radius 1 is 1.08 bits per heavy atom.